The van der Waals surface area contributed by atoms with Gasteiger partial charge in [0.25, 0.3) is 0 Å². The number of alkyl halides is 3. The smallest absolute Gasteiger partial charge is 0.166 e. The molecule has 0 N–H and O–H groups in total. The average Bonchev–Trinajstić information content (AvgIpc) is 2.49. The van der Waals surface area contributed by atoms with Crippen LogP contribution in [-0.4, -0.2) is 0 Å². The SMILES string of the molecule is CCCCCCC#C/C=C\C#Cc1cccc(C(F)(F)F)c1. The van der Waals surface area contributed by atoms with E-state index in [0.717, 1.165) is 25.0 Å². The summed E-state index contributed by atoms with van der Waals surface area (Å²) in [6.45, 7) is 2.16. The van der Waals surface area contributed by atoms with Crippen molar-refractivity contribution in [1.82, 2.24) is 0 Å². The third-order valence-corrected chi connectivity index (χ3v) is 2.91. The van der Waals surface area contributed by atoms with E-state index in [4.69, 9.17) is 0 Å². The highest BCUT2D eigenvalue weighted by atomic mass is 19.4. The first-order valence-electron chi connectivity index (χ1n) is 7.36. The predicted molar refractivity (Wildman–Crippen MR) is 84.0 cm³/mol. The van der Waals surface area contributed by atoms with E-state index in [1.807, 2.05) is 0 Å². The van der Waals surface area contributed by atoms with Gasteiger partial charge >= 0.3 is 6.18 Å². The predicted octanol–water partition coefficient (Wildman–Crippen LogP) is 5.59. The topological polar surface area (TPSA) is 0 Å². The summed E-state index contributed by atoms with van der Waals surface area (Å²) in [5, 5.41) is 0. The lowest BCUT2D eigenvalue weighted by atomic mass is 10.1. The van der Waals surface area contributed by atoms with Gasteiger partial charge in [0.15, 0.2) is 0 Å². The fourth-order valence-electron chi connectivity index (χ4n) is 1.75. The molecular weight excluding hydrogens is 285 g/mol. The van der Waals surface area contributed by atoms with Crippen molar-refractivity contribution in [3.63, 3.8) is 0 Å². The minimum Gasteiger partial charge on any atom is -0.166 e. The summed E-state index contributed by atoms with van der Waals surface area (Å²) in [4.78, 5) is 0. The van der Waals surface area contributed by atoms with Gasteiger partial charge in [-0.15, -0.1) is 0 Å². The van der Waals surface area contributed by atoms with Crippen LogP contribution in [0.5, 0.6) is 0 Å². The molecular formula is C19H19F3. The third kappa shape index (κ3) is 7.60. The summed E-state index contributed by atoms with van der Waals surface area (Å²) in [6.07, 6.45) is 4.45. The molecule has 0 aromatic heterocycles. The Labute approximate surface area is 130 Å². The minimum atomic E-state index is -4.34. The van der Waals surface area contributed by atoms with Crippen molar-refractivity contribution >= 4 is 0 Å². The molecule has 0 fully saturated rings. The molecule has 0 aliphatic carbocycles. The van der Waals surface area contributed by atoms with Crippen LogP contribution >= 0.6 is 0 Å². The van der Waals surface area contributed by atoms with Crippen molar-refractivity contribution in [1.29, 1.82) is 0 Å². The van der Waals surface area contributed by atoms with Crippen LogP contribution in [0.15, 0.2) is 36.4 Å². The van der Waals surface area contributed by atoms with Crippen molar-refractivity contribution in [2.45, 2.75) is 45.2 Å². The van der Waals surface area contributed by atoms with E-state index in [1.165, 1.54) is 25.3 Å². The summed E-state index contributed by atoms with van der Waals surface area (Å²) in [5.41, 5.74) is -0.345. The highest BCUT2D eigenvalue weighted by molar-refractivity contribution is 5.40. The third-order valence-electron chi connectivity index (χ3n) is 2.91. The van der Waals surface area contributed by atoms with E-state index in [1.54, 1.807) is 18.2 Å². The monoisotopic (exact) mass is 304 g/mol. The molecule has 0 heterocycles. The second-order valence-corrected chi connectivity index (χ2v) is 4.81. The lowest BCUT2D eigenvalue weighted by Gasteiger charge is -2.05. The number of allylic oxidation sites excluding steroid dienone is 2. The van der Waals surface area contributed by atoms with Gasteiger partial charge < -0.3 is 0 Å². The Bertz CT molecular complexity index is 601. The summed E-state index contributed by atoms with van der Waals surface area (Å²) < 4.78 is 37.6. The van der Waals surface area contributed by atoms with Gasteiger partial charge in [-0.1, -0.05) is 55.9 Å². The normalized spacial score (nSPS) is 10.7. The molecule has 0 bridgehead atoms. The van der Waals surface area contributed by atoms with E-state index in [9.17, 15) is 13.2 Å². The fourth-order valence-corrected chi connectivity index (χ4v) is 1.75. The fraction of sp³-hybridized carbons (Fsp3) is 0.368. The van der Waals surface area contributed by atoms with Crippen LogP contribution < -0.4 is 0 Å². The Hall–Kier alpha value is -2.13. The van der Waals surface area contributed by atoms with Crippen LogP contribution in [0.25, 0.3) is 0 Å². The number of hydrogen-bond donors (Lipinski definition) is 0. The molecule has 0 atom stereocenters. The van der Waals surface area contributed by atoms with Gasteiger partial charge in [0, 0.05) is 12.0 Å². The highest BCUT2D eigenvalue weighted by Crippen LogP contribution is 2.29. The van der Waals surface area contributed by atoms with Gasteiger partial charge in [-0.3, -0.25) is 0 Å². The van der Waals surface area contributed by atoms with Gasteiger partial charge in [0.05, 0.1) is 5.56 Å². The molecule has 0 saturated carbocycles. The Balaban J connectivity index is 2.48. The molecule has 1 aromatic rings. The molecule has 0 aliphatic heterocycles. The van der Waals surface area contributed by atoms with Crippen LogP contribution in [0.4, 0.5) is 13.2 Å². The van der Waals surface area contributed by atoms with Crippen LogP contribution in [0, 0.1) is 23.7 Å². The Morgan fingerprint density at radius 2 is 1.82 bits per heavy atom. The standard InChI is InChI=1S/C19H19F3/c1-2-3-4-5-6-7-8-9-10-11-13-17-14-12-15-18(16-17)19(20,21)22/h9-10,12,14-16H,2-6H2,1H3/b10-9-. The number of rotatable bonds is 4. The lowest BCUT2D eigenvalue weighted by Crippen LogP contribution is -2.04. The van der Waals surface area contributed by atoms with Crippen LogP contribution in [0.1, 0.15) is 50.2 Å². The largest absolute Gasteiger partial charge is 0.416 e. The van der Waals surface area contributed by atoms with E-state index in [-0.39, 0.29) is 0 Å². The Kier molecular flexibility index (Phi) is 7.94. The van der Waals surface area contributed by atoms with Gasteiger partial charge in [-0.05, 0) is 36.8 Å². The first kappa shape index (κ1) is 17.9. The van der Waals surface area contributed by atoms with Crippen LogP contribution in [0.2, 0.25) is 0 Å². The van der Waals surface area contributed by atoms with E-state index in [2.05, 4.69) is 30.6 Å². The summed E-state index contributed by atoms with van der Waals surface area (Å²) in [7, 11) is 0. The molecule has 22 heavy (non-hydrogen) atoms. The van der Waals surface area contributed by atoms with Crippen LogP contribution in [-0.2, 0) is 6.18 Å². The lowest BCUT2D eigenvalue weighted by molar-refractivity contribution is -0.137. The Morgan fingerprint density at radius 3 is 2.55 bits per heavy atom. The molecule has 0 nitrogen and oxygen atoms in total. The zero-order valence-corrected chi connectivity index (χ0v) is 12.6. The molecule has 116 valence electrons. The molecule has 1 aromatic carbocycles. The molecule has 3 heteroatoms. The van der Waals surface area contributed by atoms with Crippen molar-refractivity contribution in [3.8, 4) is 23.7 Å². The maximum atomic E-state index is 12.5. The maximum Gasteiger partial charge on any atom is 0.416 e. The van der Waals surface area contributed by atoms with E-state index < -0.39 is 11.7 Å². The second-order valence-electron chi connectivity index (χ2n) is 4.81. The van der Waals surface area contributed by atoms with Crippen molar-refractivity contribution < 1.29 is 13.2 Å². The number of benzene rings is 1. The average molecular weight is 304 g/mol. The van der Waals surface area contributed by atoms with Crippen molar-refractivity contribution in [2.75, 3.05) is 0 Å². The van der Waals surface area contributed by atoms with Crippen molar-refractivity contribution in [3.05, 3.63) is 47.5 Å². The Morgan fingerprint density at radius 1 is 1.05 bits per heavy atom. The van der Waals surface area contributed by atoms with Crippen LogP contribution in [0.3, 0.4) is 0 Å². The molecule has 1 rings (SSSR count). The maximum absolute atomic E-state index is 12.5. The molecule has 0 unspecified atom stereocenters. The van der Waals surface area contributed by atoms with E-state index >= 15 is 0 Å². The number of hydrogen-bond acceptors (Lipinski definition) is 0. The van der Waals surface area contributed by atoms with Gasteiger partial charge in [0.2, 0.25) is 0 Å². The van der Waals surface area contributed by atoms with Gasteiger partial charge in [-0.25, -0.2) is 0 Å². The summed E-state index contributed by atoms with van der Waals surface area (Å²) in [6, 6.07) is 4.98. The zero-order chi connectivity index (χ0) is 16.3. The number of halogens is 3. The molecule has 0 saturated heterocycles. The summed E-state index contributed by atoms with van der Waals surface area (Å²) >= 11 is 0. The molecule has 0 radical (unpaired) electrons. The molecule has 0 aliphatic rings. The molecule has 0 spiro atoms. The zero-order valence-electron chi connectivity index (χ0n) is 12.6. The quantitative estimate of drug-likeness (QED) is 0.502. The summed E-state index contributed by atoms with van der Waals surface area (Å²) in [5.74, 6) is 11.3. The molecule has 0 amide bonds. The van der Waals surface area contributed by atoms with Gasteiger partial charge in [-0.2, -0.15) is 13.2 Å². The number of unbranched alkanes of at least 4 members (excludes halogenated alkanes) is 4. The first-order valence-corrected chi connectivity index (χ1v) is 7.36. The minimum absolute atomic E-state index is 0.340. The first-order chi connectivity index (χ1) is 10.5. The second kappa shape index (κ2) is 9.74. The van der Waals surface area contributed by atoms with E-state index in [0.29, 0.717) is 5.56 Å². The van der Waals surface area contributed by atoms with Gasteiger partial charge in [0.1, 0.15) is 0 Å². The highest BCUT2D eigenvalue weighted by Gasteiger charge is 2.30. The van der Waals surface area contributed by atoms with Crippen molar-refractivity contribution in [2.24, 2.45) is 0 Å².